The molecule has 0 heterocycles. The molecule has 2 rings (SSSR count). The zero-order valence-corrected chi connectivity index (χ0v) is 10.7. The zero-order valence-electron chi connectivity index (χ0n) is 9.90. The molecule has 0 saturated carbocycles. The van der Waals surface area contributed by atoms with Gasteiger partial charge in [0.05, 0.1) is 6.54 Å². The van der Waals surface area contributed by atoms with Gasteiger partial charge in [0.2, 0.25) is 0 Å². The molecule has 0 bridgehead atoms. The Bertz CT molecular complexity index is 584. The molecule has 5 heteroatoms. The average molecular weight is 284 g/mol. The fraction of sp³-hybridized carbons (Fsp3) is 0.0714. The first-order chi connectivity index (χ1) is 8.61. The van der Waals surface area contributed by atoms with Crippen molar-refractivity contribution in [1.82, 2.24) is 0 Å². The fourth-order valence-electron chi connectivity index (χ4n) is 1.68. The number of nitrogens with two attached hydrogens (primary N) is 1. The van der Waals surface area contributed by atoms with E-state index in [0.717, 1.165) is 6.07 Å². The Morgan fingerprint density at radius 2 is 1.68 bits per heavy atom. The number of hydrogen-bond donors (Lipinski definition) is 1. The van der Waals surface area contributed by atoms with Crippen LogP contribution in [-0.2, 0) is 0 Å². The molecule has 0 unspecified atom stereocenters. The third-order valence-electron chi connectivity index (χ3n) is 2.63. The molecule has 0 radical (unpaired) electrons. The van der Waals surface area contributed by atoms with Crippen molar-refractivity contribution in [3.05, 3.63) is 59.7 Å². The Hall–Kier alpha value is -1.78. The first-order valence-corrected chi connectivity index (χ1v) is 5.40. The second-order valence-corrected chi connectivity index (χ2v) is 3.83. The van der Waals surface area contributed by atoms with Gasteiger partial charge in [-0.05, 0) is 17.7 Å². The predicted octanol–water partition coefficient (Wildman–Crippen LogP) is 3.20. The number of ketones is 1. The number of Topliss-reactive ketones (excluding diaryl/α,β-unsaturated/α-hetero) is 1. The van der Waals surface area contributed by atoms with Gasteiger partial charge in [-0.15, -0.1) is 12.4 Å². The van der Waals surface area contributed by atoms with Gasteiger partial charge < -0.3 is 5.73 Å². The average Bonchev–Trinajstić information content (AvgIpc) is 2.38. The minimum atomic E-state index is -0.632. The first kappa shape index (κ1) is 15.3. The van der Waals surface area contributed by atoms with Crippen LogP contribution in [0.5, 0.6) is 0 Å². The molecule has 0 spiro atoms. The standard InChI is InChI=1S/C14H11F2NO.ClH/c15-11-5-6-12(13(16)7-11)9-1-3-10(4-2-9)14(18)8-17;/h1-7H,8,17H2;1H. The van der Waals surface area contributed by atoms with E-state index in [4.69, 9.17) is 5.73 Å². The van der Waals surface area contributed by atoms with Crippen molar-refractivity contribution >= 4 is 18.2 Å². The van der Waals surface area contributed by atoms with Crippen molar-refractivity contribution in [3.63, 3.8) is 0 Å². The predicted molar refractivity (Wildman–Crippen MR) is 72.4 cm³/mol. The molecular formula is C14H12ClF2NO. The molecule has 0 amide bonds. The zero-order chi connectivity index (χ0) is 13.1. The lowest BCUT2D eigenvalue weighted by atomic mass is 10.0. The van der Waals surface area contributed by atoms with Gasteiger partial charge in [-0.1, -0.05) is 24.3 Å². The summed E-state index contributed by atoms with van der Waals surface area (Å²) in [5.74, 6) is -1.43. The van der Waals surface area contributed by atoms with E-state index in [1.54, 1.807) is 24.3 Å². The number of benzene rings is 2. The second kappa shape index (κ2) is 6.41. The van der Waals surface area contributed by atoms with Gasteiger partial charge in [-0.3, -0.25) is 4.79 Å². The lowest BCUT2D eigenvalue weighted by Crippen LogP contribution is -2.13. The van der Waals surface area contributed by atoms with Gasteiger partial charge in [0.25, 0.3) is 0 Å². The van der Waals surface area contributed by atoms with Crippen LogP contribution in [0.3, 0.4) is 0 Å². The molecule has 0 fully saturated rings. The van der Waals surface area contributed by atoms with Crippen LogP contribution in [0.1, 0.15) is 10.4 Å². The Balaban J connectivity index is 0.00000180. The summed E-state index contributed by atoms with van der Waals surface area (Å²) in [5.41, 5.74) is 6.60. The second-order valence-electron chi connectivity index (χ2n) is 3.83. The number of carbonyl (C=O) groups excluding carboxylic acids is 1. The molecule has 2 N–H and O–H groups in total. The van der Waals surface area contributed by atoms with Crippen molar-refractivity contribution in [2.24, 2.45) is 5.73 Å². The van der Waals surface area contributed by atoms with E-state index in [2.05, 4.69) is 0 Å². The van der Waals surface area contributed by atoms with Gasteiger partial charge in [0.1, 0.15) is 11.6 Å². The van der Waals surface area contributed by atoms with Gasteiger partial charge >= 0.3 is 0 Å². The summed E-state index contributed by atoms with van der Waals surface area (Å²) in [4.78, 5) is 11.3. The largest absolute Gasteiger partial charge is 0.324 e. The monoisotopic (exact) mass is 283 g/mol. The molecule has 0 atom stereocenters. The van der Waals surface area contributed by atoms with Crippen LogP contribution in [0.15, 0.2) is 42.5 Å². The smallest absolute Gasteiger partial charge is 0.176 e. The maximum absolute atomic E-state index is 13.5. The lowest BCUT2D eigenvalue weighted by Gasteiger charge is -2.05. The maximum atomic E-state index is 13.5. The molecule has 2 nitrogen and oxygen atoms in total. The van der Waals surface area contributed by atoms with E-state index in [1.165, 1.54) is 12.1 Å². The highest BCUT2D eigenvalue weighted by Crippen LogP contribution is 2.23. The molecule has 2 aromatic carbocycles. The molecule has 19 heavy (non-hydrogen) atoms. The third-order valence-corrected chi connectivity index (χ3v) is 2.63. The first-order valence-electron chi connectivity index (χ1n) is 5.40. The Labute approximate surface area is 115 Å². The molecule has 0 saturated heterocycles. The summed E-state index contributed by atoms with van der Waals surface area (Å²) >= 11 is 0. The minimum Gasteiger partial charge on any atom is -0.324 e. The number of rotatable bonds is 3. The van der Waals surface area contributed by atoms with Crippen molar-refractivity contribution in [2.75, 3.05) is 6.54 Å². The summed E-state index contributed by atoms with van der Waals surface area (Å²) in [6, 6.07) is 9.76. The van der Waals surface area contributed by atoms with Gasteiger partial charge in [0.15, 0.2) is 5.78 Å². The highest BCUT2D eigenvalue weighted by atomic mass is 35.5. The maximum Gasteiger partial charge on any atom is 0.176 e. The Morgan fingerprint density at radius 3 is 2.21 bits per heavy atom. The Morgan fingerprint density at radius 1 is 1.05 bits per heavy atom. The van der Waals surface area contributed by atoms with Gasteiger partial charge in [-0.2, -0.15) is 0 Å². The molecule has 0 aromatic heterocycles. The van der Waals surface area contributed by atoms with E-state index in [-0.39, 0.29) is 24.7 Å². The third kappa shape index (κ3) is 3.36. The normalized spacial score (nSPS) is 9.84. The summed E-state index contributed by atoms with van der Waals surface area (Å²) < 4.78 is 26.3. The molecule has 0 aliphatic heterocycles. The number of halogens is 3. The van der Waals surface area contributed by atoms with E-state index >= 15 is 0 Å². The molecule has 2 aromatic rings. The number of carbonyl (C=O) groups is 1. The molecule has 0 aliphatic carbocycles. The van der Waals surface area contributed by atoms with Crippen molar-refractivity contribution in [3.8, 4) is 11.1 Å². The van der Waals surface area contributed by atoms with E-state index < -0.39 is 11.6 Å². The molecule has 0 aliphatic rings. The van der Waals surface area contributed by atoms with Crippen LogP contribution in [0.2, 0.25) is 0 Å². The summed E-state index contributed by atoms with van der Waals surface area (Å²) in [7, 11) is 0. The molecule has 100 valence electrons. The van der Waals surface area contributed by atoms with Crippen LogP contribution in [0.4, 0.5) is 8.78 Å². The van der Waals surface area contributed by atoms with Crippen LogP contribution >= 0.6 is 12.4 Å². The number of hydrogen-bond acceptors (Lipinski definition) is 2. The SMILES string of the molecule is Cl.NCC(=O)c1ccc(-c2ccc(F)cc2F)cc1. The van der Waals surface area contributed by atoms with E-state index in [1.807, 2.05) is 0 Å². The Kier molecular flexibility index (Phi) is 5.15. The summed E-state index contributed by atoms with van der Waals surface area (Å²) in [6.07, 6.45) is 0. The van der Waals surface area contributed by atoms with E-state index in [0.29, 0.717) is 16.7 Å². The highest BCUT2D eigenvalue weighted by Gasteiger charge is 2.08. The lowest BCUT2D eigenvalue weighted by molar-refractivity contribution is 0.100. The van der Waals surface area contributed by atoms with Crippen LogP contribution in [0.25, 0.3) is 11.1 Å². The molecular weight excluding hydrogens is 272 g/mol. The van der Waals surface area contributed by atoms with E-state index in [9.17, 15) is 13.6 Å². The summed E-state index contributed by atoms with van der Waals surface area (Å²) in [6.45, 7) is -0.0652. The van der Waals surface area contributed by atoms with Crippen LogP contribution in [-0.4, -0.2) is 12.3 Å². The summed E-state index contributed by atoms with van der Waals surface area (Å²) in [5, 5.41) is 0. The van der Waals surface area contributed by atoms with Crippen LogP contribution < -0.4 is 5.73 Å². The highest BCUT2D eigenvalue weighted by molar-refractivity contribution is 5.97. The van der Waals surface area contributed by atoms with Crippen molar-refractivity contribution < 1.29 is 13.6 Å². The fourth-order valence-corrected chi connectivity index (χ4v) is 1.68. The van der Waals surface area contributed by atoms with Crippen molar-refractivity contribution in [2.45, 2.75) is 0 Å². The topological polar surface area (TPSA) is 43.1 Å². The minimum absolute atomic E-state index is 0. The van der Waals surface area contributed by atoms with Gasteiger partial charge in [0, 0.05) is 17.2 Å². The van der Waals surface area contributed by atoms with Gasteiger partial charge in [-0.25, -0.2) is 8.78 Å². The quantitative estimate of drug-likeness (QED) is 0.879. The van der Waals surface area contributed by atoms with Crippen molar-refractivity contribution in [1.29, 1.82) is 0 Å². The van der Waals surface area contributed by atoms with Crippen LogP contribution in [0, 0.1) is 11.6 Å².